The number of benzene rings is 1. The van der Waals surface area contributed by atoms with E-state index in [4.69, 9.17) is 4.74 Å². The molecule has 0 aliphatic carbocycles. The fourth-order valence-electron chi connectivity index (χ4n) is 3.26. The maximum atomic E-state index is 12.6. The molecule has 8 heteroatoms. The van der Waals surface area contributed by atoms with Crippen LogP contribution in [0.25, 0.3) is 0 Å². The third-order valence-electron chi connectivity index (χ3n) is 4.82. The van der Waals surface area contributed by atoms with Gasteiger partial charge in [-0.3, -0.25) is 4.79 Å². The van der Waals surface area contributed by atoms with E-state index in [0.29, 0.717) is 25.3 Å². The van der Waals surface area contributed by atoms with Gasteiger partial charge in [-0.2, -0.15) is 0 Å². The van der Waals surface area contributed by atoms with Crippen LogP contribution in [0.5, 0.6) is 0 Å². The van der Waals surface area contributed by atoms with E-state index in [1.54, 1.807) is 24.1 Å². The summed E-state index contributed by atoms with van der Waals surface area (Å²) in [5, 5.41) is 3.34. The summed E-state index contributed by atoms with van der Waals surface area (Å²) >= 11 is 0. The van der Waals surface area contributed by atoms with Crippen LogP contribution in [0, 0.1) is 0 Å². The van der Waals surface area contributed by atoms with Crippen molar-refractivity contribution in [2.45, 2.75) is 37.1 Å². The maximum Gasteiger partial charge on any atom is 0.253 e. The van der Waals surface area contributed by atoms with Crippen molar-refractivity contribution in [2.24, 2.45) is 0 Å². The number of sulfonamides is 1. The highest BCUT2D eigenvalue weighted by Gasteiger charge is 2.34. The molecule has 2 rings (SSSR count). The van der Waals surface area contributed by atoms with Gasteiger partial charge in [0.15, 0.2) is 0 Å². The second-order valence-electron chi connectivity index (χ2n) is 6.57. The molecular formula is C18H29N3O4S. The van der Waals surface area contributed by atoms with Gasteiger partial charge < -0.3 is 15.0 Å². The zero-order valence-corrected chi connectivity index (χ0v) is 16.6. The van der Waals surface area contributed by atoms with Gasteiger partial charge in [0.25, 0.3) is 5.91 Å². The highest BCUT2D eigenvalue weighted by Crippen LogP contribution is 2.20. The average Bonchev–Trinajstić information content (AvgIpc) is 3.10. The second-order valence-corrected chi connectivity index (χ2v) is 8.34. The number of amides is 1. The van der Waals surface area contributed by atoms with Crippen LogP contribution in [0.2, 0.25) is 0 Å². The van der Waals surface area contributed by atoms with Crippen molar-refractivity contribution in [2.75, 3.05) is 39.9 Å². The first-order valence-electron chi connectivity index (χ1n) is 9.00. The quantitative estimate of drug-likeness (QED) is 0.669. The molecule has 1 aromatic rings. The first-order valence-corrected chi connectivity index (χ1v) is 10.5. The van der Waals surface area contributed by atoms with Crippen LogP contribution in [0.1, 0.15) is 37.0 Å². The lowest BCUT2D eigenvalue weighted by Gasteiger charge is -2.28. The van der Waals surface area contributed by atoms with Gasteiger partial charge in [-0.05, 0) is 57.5 Å². The van der Waals surface area contributed by atoms with Gasteiger partial charge in [0.05, 0.1) is 17.0 Å². The van der Waals surface area contributed by atoms with E-state index in [2.05, 4.69) is 10.0 Å². The smallest absolute Gasteiger partial charge is 0.253 e. The Labute approximate surface area is 156 Å². The summed E-state index contributed by atoms with van der Waals surface area (Å²) in [4.78, 5) is 14.2. The molecular weight excluding hydrogens is 354 g/mol. The Morgan fingerprint density at radius 3 is 2.42 bits per heavy atom. The molecule has 26 heavy (non-hydrogen) atoms. The molecule has 2 N–H and O–H groups in total. The topological polar surface area (TPSA) is 87.7 Å². The van der Waals surface area contributed by atoms with E-state index < -0.39 is 10.0 Å². The molecule has 1 aliphatic rings. The molecule has 1 atom stereocenters. The van der Waals surface area contributed by atoms with Gasteiger partial charge in [0.2, 0.25) is 10.0 Å². The SMILES string of the molecule is CCN(CC)C(=O)c1ccc(S(=O)(=O)NCC2(COC)CCCN2)cc1. The molecule has 1 aromatic carbocycles. The fourth-order valence-corrected chi connectivity index (χ4v) is 4.38. The number of hydrogen-bond acceptors (Lipinski definition) is 5. The monoisotopic (exact) mass is 383 g/mol. The molecule has 1 aliphatic heterocycles. The van der Waals surface area contributed by atoms with Crippen LogP contribution in [0.4, 0.5) is 0 Å². The number of rotatable bonds is 9. The molecule has 7 nitrogen and oxygen atoms in total. The number of carbonyl (C=O) groups is 1. The normalized spacial score (nSPS) is 20.3. The Morgan fingerprint density at radius 1 is 1.27 bits per heavy atom. The summed E-state index contributed by atoms with van der Waals surface area (Å²) in [5.41, 5.74) is 0.126. The predicted octanol–water partition coefficient (Wildman–Crippen LogP) is 1.22. The molecule has 0 bridgehead atoms. The minimum Gasteiger partial charge on any atom is -0.383 e. The van der Waals surface area contributed by atoms with Crippen molar-refractivity contribution in [1.82, 2.24) is 14.9 Å². The van der Waals surface area contributed by atoms with Crippen LogP contribution >= 0.6 is 0 Å². The number of methoxy groups -OCH3 is 1. The number of nitrogens with zero attached hydrogens (tertiary/aromatic N) is 1. The molecule has 1 unspecified atom stereocenters. The third-order valence-corrected chi connectivity index (χ3v) is 6.23. The Morgan fingerprint density at radius 2 is 1.92 bits per heavy atom. The molecule has 1 saturated heterocycles. The van der Waals surface area contributed by atoms with Gasteiger partial charge in [0, 0.05) is 32.3 Å². The molecule has 0 aromatic heterocycles. The number of ether oxygens (including phenoxy) is 1. The summed E-state index contributed by atoms with van der Waals surface area (Å²) < 4.78 is 33.1. The van der Waals surface area contributed by atoms with Crippen LogP contribution < -0.4 is 10.0 Å². The summed E-state index contributed by atoms with van der Waals surface area (Å²) in [7, 11) is -2.04. The molecule has 0 radical (unpaired) electrons. The minimum atomic E-state index is -3.65. The molecule has 0 saturated carbocycles. The summed E-state index contributed by atoms with van der Waals surface area (Å²) in [6, 6.07) is 6.08. The average molecular weight is 384 g/mol. The highest BCUT2D eigenvalue weighted by atomic mass is 32.2. The second kappa shape index (κ2) is 8.94. The molecule has 1 heterocycles. The Hall–Kier alpha value is -1.48. The molecule has 1 amide bonds. The Bertz CT molecular complexity index is 694. The van der Waals surface area contributed by atoms with Crippen LogP contribution in [0.3, 0.4) is 0 Å². The summed E-state index contributed by atoms with van der Waals surface area (Å²) in [5.74, 6) is -0.0962. The third kappa shape index (κ3) is 4.82. The number of hydrogen-bond donors (Lipinski definition) is 2. The Balaban J connectivity index is 2.08. The van der Waals surface area contributed by atoms with Gasteiger partial charge >= 0.3 is 0 Å². The zero-order valence-electron chi connectivity index (χ0n) is 15.7. The van der Waals surface area contributed by atoms with E-state index in [1.807, 2.05) is 13.8 Å². The van der Waals surface area contributed by atoms with Gasteiger partial charge in [-0.25, -0.2) is 13.1 Å². The van der Waals surface area contributed by atoms with Crippen molar-refractivity contribution >= 4 is 15.9 Å². The van der Waals surface area contributed by atoms with E-state index in [-0.39, 0.29) is 22.9 Å². The lowest BCUT2D eigenvalue weighted by Crippen LogP contribution is -2.52. The lowest BCUT2D eigenvalue weighted by molar-refractivity contribution is 0.0773. The zero-order chi connectivity index (χ0) is 19.2. The number of carbonyl (C=O) groups excluding carboxylic acids is 1. The van der Waals surface area contributed by atoms with Crippen LogP contribution in [-0.2, 0) is 14.8 Å². The largest absolute Gasteiger partial charge is 0.383 e. The van der Waals surface area contributed by atoms with E-state index in [0.717, 1.165) is 19.4 Å². The first kappa shape index (κ1) is 20.8. The summed E-state index contributed by atoms with van der Waals surface area (Å²) in [6.45, 7) is 6.63. The van der Waals surface area contributed by atoms with Crippen molar-refractivity contribution in [3.05, 3.63) is 29.8 Å². The van der Waals surface area contributed by atoms with Gasteiger partial charge in [0.1, 0.15) is 0 Å². The Kier molecular flexibility index (Phi) is 7.16. The van der Waals surface area contributed by atoms with Crippen LogP contribution in [0.15, 0.2) is 29.2 Å². The fraction of sp³-hybridized carbons (Fsp3) is 0.611. The van der Waals surface area contributed by atoms with Crippen molar-refractivity contribution in [1.29, 1.82) is 0 Å². The first-order chi connectivity index (χ1) is 12.4. The van der Waals surface area contributed by atoms with E-state index in [9.17, 15) is 13.2 Å². The van der Waals surface area contributed by atoms with Gasteiger partial charge in [-0.15, -0.1) is 0 Å². The molecule has 1 fully saturated rings. The van der Waals surface area contributed by atoms with Gasteiger partial charge in [-0.1, -0.05) is 0 Å². The standard InChI is InChI=1S/C18H29N3O4S/c1-4-21(5-2)17(22)15-7-9-16(10-8-15)26(23,24)20-13-18(14-25-3)11-6-12-19-18/h7-10,19-20H,4-6,11-14H2,1-3H3. The molecule has 0 spiro atoms. The maximum absolute atomic E-state index is 12.6. The van der Waals surface area contributed by atoms with Crippen LogP contribution in [-0.4, -0.2) is 64.7 Å². The summed E-state index contributed by atoms with van der Waals surface area (Å²) in [6.07, 6.45) is 1.86. The van der Waals surface area contributed by atoms with E-state index >= 15 is 0 Å². The van der Waals surface area contributed by atoms with Crippen molar-refractivity contribution in [3.63, 3.8) is 0 Å². The minimum absolute atomic E-state index is 0.0962. The lowest BCUT2D eigenvalue weighted by atomic mass is 9.99. The predicted molar refractivity (Wildman–Crippen MR) is 101 cm³/mol. The number of nitrogens with one attached hydrogen (secondary N) is 2. The van der Waals surface area contributed by atoms with E-state index in [1.165, 1.54) is 12.1 Å². The molecule has 146 valence electrons. The van der Waals surface area contributed by atoms with Crippen molar-refractivity contribution in [3.8, 4) is 0 Å². The van der Waals surface area contributed by atoms with Crippen molar-refractivity contribution < 1.29 is 17.9 Å². The highest BCUT2D eigenvalue weighted by molar-refractivity contribution is 7.89.